The van der Waals surface area contributed by atoms with Gasteiger partial charge in [-0.25, -0.2) is 0 Å². The van der Waals surface area contributed by atoms with Gasteiger partial charge in [-0.3, -0.25) is 9.79 Å². The van der Waals surface area contributed by atoms with E-state index >= 15 is 0 Å². The molecule has 1 N–H and O–H groups in total. The topological polar surface area (TPSA) is 72.4 Å². The van der Waals surface area contributed by atoms with Gasteiger partial charge in [-0.1, -0.05) is 6.92 Å². The number of carbonyl (C=O) groups excluding carboxylic acids is 1. The molecular weight excluding hydrogens is 310 g/mol. The number of esters is 1. The van der Waals surface area contributed by atoms with Gasteiger partial charge in [-0.05, 0) is 12.1 Å². The number of ether oxygens (including phenoxy) is 3. The van der Waals surface area contributed by atoms with Crippen LogP contribution in [0.5, 0.6) is 11.5 Å². The zero-order chi connectivity index (χ0) is 18.1. The largest absolute Gasteiger partial charge is 0.497 e. The molecule has 7 nitrogen and oxygen atoms in total. The van der Waals surface area contributed by atoms with Gasteiger partial charge in [0.1, 0.15) is 11.5 Å². The van der Waals surface area contributed by atoms with Gasteiger partial charge < -0.3 is 24.4 Å². The Morgan fingerprint density at radius 2 is 2.00 bits per heavy atom. The van der Waals surface area contributed by atoms with E-state index < -0.39 is 0 Å². The number of guanidine groups is 1. The van der Waals surface area contributed by atoms with E-state index in [-0.39, 0.29) is 11.9 Å². The summed E-state index contributed by atoms with van der Waals surface area (Å²) in [7, 11) is 8.25. The highest BCUT2D eigenvalue weighted by Crippen LogP contribution is 2.25. The van der Waals surface area contributed by atoms with Gasteiger partial charge in [0.05, 0.1) is 27.2 Å². The summed E-state index contributed by atoms with van der Waals surface area (Å²) in [6, 6.07) is 5.69. The smallest absolute Gasteiger partial charge is 0.310 e. The van der Waals surface area contributed by atoms with Crippen molar-refractivity contribution in [3.05, 3.63) is 23.8 Å². The molecule has 1 aromatic rings. The van der Waals surface area contributed by atoms with Crippen molar-refractivity contribution in [1.29, 1.82) is 0 Å². The van der Waals surface area contributed by atoms with Gasteiger partial charge in [0.25, 0.3) is 0 Å². The highest BCUT2D eigenvalue weighted by molar-refractivity contribution is 5.80. The molecule has 1 unspecified atom stereocenters. The van der Waals surface area contributed by atoms with Gasteiger partial charge >= 0.3 is 5.97 Å². The molecule has 0 aliphatic heterocycles. The summed E-state index contributed by atoms with van der Waals surface area (Å²) < 4.78 is 15.4. The molecule has 1 rings (SSSR count). The predicted molar refractivity (Wildman–Crippen MR) is 93.6 cm³/mol. The normalized spacial score (nSPS) is 12.3. The molecule has 1 atom stereocenters. The van der Waals surface area contributed by atoms with Crippen molar-refractivity contribution in [2.45, 2.75) is 13.5 Å². The zero-order valence-electron chi connectivity index (χ0n) is 15.3. The van der Waals surface area contributed by atoms with E-state index in [1.165, 1.54) is 7.11 Å². The minimum Gasteiger partial charge on any atom is -0.497 e. The molecule has 0 bridgehead atoms. The lowest BCUT2D eigenvalue weighted by Crippen LogP contribution is -2.41. The van der Waals surface area contributed by atoms with Crippen LogP contribution in [0.25, 0.3) is 0 Å². The van der Waals surface area contributed by atoms with E-state index in [0.29, 0.717) is 19.0 Å². The average Bonchev–Trinajstić information content (AvgIpc) is 2.61. The Morgan fingerprint density at radius 3 is 2.54 bits per heavy atom. The van der Waals surface area contributed by atoms with Crippen LogP contribution in [-0.4, -0.2) is 58.8 Å². The molecule has 0 amide bonds. The maximum atomic E-state index is 11.5. The summed E-state index contributed by atoms with van der Waals surface area (Å²) >= 11 is 0. The summed E-state index contributed by atoms with van der Waals surface area (Å²) in [5, 5.41) is 3.17. The van der Waals surface area contributed by atoms with Gasteiger partial charge in [-0.2, -0.15) is 0 Å². The van der Waals surface area contributed by atoms with Crippen LogP contribution in [0.4, 0.5) is 0 Å². The maximum absolute atomic E-state index is 11.5. The number of aliphatic imine (C=N–C) groups is 1. The van der Waals surface area contributed by atoms with Crippen LogP contribution >= 0.6 is 0 Å². The first kappa shape index (κ1) is 19.6. The summed E-state index contributed by atoms with van der Waals surface area (Å²) in [4.78, 5) is 17.7. The van der Waals surface area contributed by atoms with Crippen molar-refractivity contribution in [2.24, 2.45) is 10.9 Å². The maximum Gasteiger partial charge on any atom is 0.310 e. The van der Waals surface area contributed by atoms with E-state index in [4.69, 9.17) is 14.2 Å². The van der Waals surface area contributed by atoms with Gasteiger partial charge in [0.15, 0.2) is 5.96 Å². The molecule has 134 valence electrons. The van der Waals surface area contributed by atoms with Crippen LogP contribution in [-0.2, 0) is 16.1 Å². The van der Waals surface area contributed by atoms with Crippen molar-refractivity contribution in [3.63, 3.8) is 0 Å². The predicted octanol–water partition coefficient (Wildman–Crippen LogP) is 1.52. The Bertz CT molecular complexity index is 575. The van der Waals surface area contributed by atoms with E-state index in [2.05, 4.69) is 10.3 Å². The Kier molecular flexibility index (Phi) is 7.88. The van der Waals surface area contributed by atoms with Crippen LogP contribution in [0.15, 0.2) is 23.2 Å². The van der Waals surface area contributed by atoms with Gasteiger partial charge in [0.2, 0.25) is 0 Å². The van der Waals surface area contributed by atoms with Crippen LogP contribution in [0.2, 0.25) is 0 Å². The Morgan fingerprint density at radius 1 is 1.29 bits per heavy atom. The summed E-state index contributed by atoms with van der Waals surface area (Å²) in [6.45, 7) is 2.85. The fraction of sp³-hybridized carbons (Fsp3) is 0.529. The van der Waals surface area contributed by atoms with Gasteiger partial charge in [-0.15, -0.1) is 0 Å². The first-order valence-corrected chi connectivity index (χ1v) is 7.67. The molecule has 0 aliphatic rings. The van der Waals surface area contributed by atoms with Crippen molar-refractivity contribution >= 4 is 11.9 Å². The number of methoxy groups -OCH3 is 3. The van der Waals surface area contributed by atoms with Crippen molar-refractivity contribution in [3.8, 4) is 11.5 Å². The third-order valence-electron chi connectivity index (χ3n) is 3.65. The molecule has 24 heavy (non-hydrogen) atoms. The number of nitrogens with one attached hydrogen (secondary N) is 1. The molecule has 0 aliphatic carbocycles. The van der Waals surface area contributed by atoms with Crippen molar-refractivity contribution < 1.29 is 19.0 Å². The Labute approximate surface area is 143 Å². The van der Waals surface area contributed by atoms with E-state index in [0.717, 1.165) is 17.1 Å². The molecule has 0 spiro atoms. The quantitative estimate of drug-likeness (QED) is 0.462. The number of hydrogen-bond donors (Lipinski definition) is 1. The fourth-order valence-corrected chi connectivity index (χ4v) is 2.23. The average molecular weight is 337 g/mol. The number of nitrogens with zero attached hydrogens (tertiary/aromatic N) is 2. The second-order valence-electron chi connectivity index (χ2n) is 5.39. The lowest BCUT2D eigenvalue weighted by molar-refractivity contribution is -0.144. The van der Waals surface area contributed by atoms with E-state index in [1.807, 2.05) is 30.1 Å². The Balaban J connectivity index is 2.74. The first-order valence-electron chi connectivity index (χ1n) is 7.67. The second-order valence-corrected chi connectivity index (χ2v) is 5.39. The lowest BCUT2D eigenvalue weighted by Gasteiger charge is -2.24. The highest BCUT2D eigenvalue weighted by Gasteiger charge is 2.16. The third kappa shape index (κ3) is 5.33. The van der Waals surface area contributed by atoms with Crippen LogP contribution in [0.3, 0.4) is 0 Å². The number of carbonyl (C=O) groups is 1. The van der Waals surface area contributed by atoms with Gasteiger partial charge in [0, 0.05) is 38.8 Å². The molecule has 0 heterocycles. The SMILES string of the molecule is CN=C(NCC(C)C(=O)OC)N(C)Cc1ccc(OC)cc1OC. The van der Waals surface area contributed by atoms with E-state index in [1.54, 1.807) is 28.2 Å². The molecular formula is C17H27N3O4. The Hall–Kier alpha value is -2.44. The number of rotatable bonds is 7. The molecule has 0 fully saturated rings. The minimum atomic E-state index is -0.254. The molecule has 0 saturated heterocycles. The summed E-state index contributed by atoms with van der Waals surface area (Å²) in [5.74, 6) is 1.67. The standard InChI is InChI=1S/C17H27N3O4/c1-12(16(21)24-6)10-19-17(18-2)20(3)11-13-7-8-14(22-4)9-15(13)23-5/h7-9,12H,10-11H2,1-6H3,(H,18,19). The lowest BCUT2D eigenvalue weighted by atomic mass is 10.1. The van der Waals surface area contributed by atoms with Crippen molar-refractivity contribution in [2.75, 3.05) is 42.0 Å². The highest BCUT2D eigenvalue weighted by atomic mass is 16.5. The molecule has 0 aromatic heterocycles. The van der Waals surface area contributed by atoms with Crippen LogP contribution in [0, 0.1) is 5.92 Å². The van der Waals surface area contributed by atoms with Crippen LogP contribution in [0.1, 0.15) is 12.5 Å². The zero-order valence-corrected chi connectivity index (χ0v) is 15.3. The van der Waals surface area contributed by atoms with Crippen molar-refractivity contribution in [1.82, 2.24) is 10.2 Å². The van der Waals surface area contributed by atoms with E-state index in [9.17, 15) is 4.79 Å². The summed E-state index contributed by atoms with van der Waals surface area (Å²) in [5.41, 5.74) is 1.00. The molecule has 0 saturated carbocycles. The number of benzene rings is 1. The summed E-state index contributed by atoms with van der Waals surface area (Å²) in [6.07, 6.45) is 0. The molecule has 1 aromatic carbocycles. The molecule has 7 heteroatoms. The first-order chi connectivity index (χ1) is 11.5. The monoisotopic (exact) mass is 337 g/mol. The second kappa shape index (κ2) is 9.64. The minimum absolute atomic E-state index is 0.252. The van der Waals surface area contributed by atoms with Crippen LogP contribution < -0.4 is 14.8 Å². The third-order valence-corrected chi connectivity index (χ3v) is 3.65. The number of hydrogen-bond acceptors (Lipinski definition) is 5. The molecule has 0 radical (unpaired) electrons. The fourth-order valence-electron chi connectivity index (χ4n) is 2.23.